The summed E-state index contributed by atoms with van der Waals surface area (Å²) in [7, 11) is -3.67. The van der Waals surface area contributed by atoms with Gasteiger partial charge in [-0.3, -0.25) is 4.79 Å². The van der Waals surface area contributed by atoms with E-state index in [0.29, 0.717) is 25.3 Å². The maximum Gasteiger partial charge on any atom is 0.241 e. The van der Waals surface area contributed by atoms with Crippen molar-refractivity contribution in [3.63, 3.8) is 0 Å². The molecule has 1 aliphatic rings. The van der Waals surface area contributed by atoms with Gasteiger partial charge in [-0.1, -0.05) is 44.2 Å². The molecule has 0 aromatic heterocycles. The molecule has 1 amide bonds. The molecule has 1 N–H and O–H groups in total. The first kappa shape index (κ1) is 19.6. The predicted molar refractivity (Wildman–Crippen MR) is 107 cm³/mol. The van der Waals surface area contributed by atoms with Crippen LogP contribution < -0.4 is 9.62 Å². The third kappa shape index (κ3) is 4.39. The fraction of sp³-hybridized carbons (Fsp3) is 0.381. The highest BCUT2D eigenvalue weighted by Crippen LogP contribution is 2.31. The summed E-state index contributed by atoms with van der Waals surface area (Å²) in [6, 6.07) is 14.4. The Morgan fingerprint density at radius 2 is 1.85 bits per heavy atom. The second kappa shape index (κ2) is 7.82. The highest BCUT2D eigenvalue weighted by Gasteiger charge is 2.26. The van der Waals surface area contributed by atoms with Crippen LogP contribution >= 0.6 is 0 Å². The third-order valence-electron chi connectivity index (χ3n) is 4.84. The molecule has 0 radical (unpaired) electrons. The van der Waals surface area contributed by atoms with Crippen molar-refractivity contribution in [2.45, 2.75) is 44.6 Å². The van der Waals surface area contributed by atoms with Gasteiger partial charge in [0, 0.05) is 25.2 Å². The van der Waals surface area contributed by atoms with Gasteiger partial charge in [0.25, 0.3) is 0 Å². The van der Waals surface area contributed by atoms with Crippen LogP contribution in [0.15, 0.2) is 53.4 Å². The highest BCUT2D eigenvalue weighted by atomic mass is 32.2. The molecule has 0 fully saturated rings. The molecular formula is C21H26N2O3S. The van der Waals surface area contributed by atoms with Crippen LogP contribution in [0.25, 0.3) is 0 Å². The maximum atomic E-state index is 13.0. The molecule has 27 heavy (non-hydrogen) atoms. The van der Waals surface area contributed by atoms with Crippen LogP contribution in [0.5, 0.6) is 0 Å². The van der Waals surface area contributed by atoms with Crippen molar-refractivity contribution in [3.05, 3.63) is 59.7 Å². The molecule has 0 spiro atoms. The molecule has 2 aromatic carbocycles. The summed E-state index contributed by atoms with van der Waals surface area (Å²) in [5, 5.41) is 0. The minimum atomic E-state index is -3.67. The van der Waals surface area contributed by atoms with Crippen LogP contribution in [0.3, 0.4) is 0 Å². The molecule has 0 saturated carbocycles. The van der Waals surface area contributed by atoms with Gasteiger partial charge in [-0.15, -0.1) is 0 Å². The van der Waals surface area contributed by atoms with Crippen LogP contribution in [0.1, 0.15) is 44.4 Å². The number of rotatable bonds is 6. The van der Waals surface area contributed by atoms with E-state index in [0.717, 1.165) is 16.8 Å². The van der Waals surface area contributed by atoms with Crippen LogP contribution in [-0.4, -0.2) is 20.9 Å². The van der Waals surface area contributed by atoms with Gasteiger partial charge in [0.2, 0.25) is 15.9 Å². The normalized spacial score (nSPS) is 15.0. The third-order valence-corrected chi connectivity index (χ3v) is 6.31. The minimum Gasteiger partial charge on any atom is -0.312 e. The van der Waals surface area contributed by atoms with Crippen molar-refractivity contribution >= 4 is 21.6 Å². The lowest BCUT2D eigenvalue weighted by atomic mass is 9.98. The average Bonchev–Trinajstić information content (AvgIpc) is 3.05. The van der Waals surface area contributed by atoms with Crippen molar-refractivity contribution in [1.29, 1.82) is 0 Å². The number of carbonyl (C=O) groups excluding carboxylic acids is 1. The van der Waals surface area contributed by atoms with Crippen LogP contribution in [0.2, 0.25) is 0 Å². The van der Waals surface area contributed by atoms with Gasteiger partial charge in [0.1, 0.15) is 0 Å². The minimum absolute atomic E-state index is 0.0245. The number of nitrogens with zero attached hydrogens (tertiary/aromatic N) is 1. The number of amides is 1. The number of anilines is 1. The van der Waals surface area contributed by atoms with Gasteiger partial charge < -0.3 is 4.90 Å². The Balaban J connectivity index is 1.88. The largest absolute Gasteiger partial charge is 0.312 e. The second-order valence-corrected chi connectivity index (χ2v) is 9.14. The monoisotopic (exact) mass is 386 g/mol. The molecule has 144 valence electrons. The lowest BCUT2D eigenvalue weighted by Crippen LogP contribution is -2.29. The zero-order valence-electron chi connectivity index (χ0n) is 16.0. The van der Waals surface area contributed by atoms with E-state index in [-0.39, 0.29) is 16.8 Å². The van der Waals surface area contributed by atoms with E-state index in [1.54, 1.807) is 23.1 Å². The molecule has 1 unspecified atom stereocenters. The second-order valence-electron chi connectivity index (χ2n) is 7.43. The summed E-state index contributed by atoms with van der Waals surface area (Å²) in [5.74, 6) is 0.325. The Hall–Kier alpha value is -2.18. The SMILES string of the molecule is CC(=O)N1CCc2cc(S(=O)(=O)NC(CC(C)C)c3ccccc3)ccc21. The maximum absolute atomic E-state index is 13.0. The molecule has 2 aromatic rings. The fourth-order valence-electron chi connectivity index (χ4n) is 3.54. The van der Waals surface area contributed by atoms with Gasteiger partial charge >= 0.3 is 0 Å². The number of hydrogen-bond acceptors (Lipinski definition) is 3. The van der Waals surface area contributed by atoms with Gasteiger partial charge in [-0.25, -0.2) is 13.1 Å². The summed E-state index contributed by atoms with van der Waals surface area (Å²) >= 11 is 0. The van der Waals surface area contributed by atoms with Gasteiger partial charge in [0.15, 0.2) is 0 Å². The topological polar surface area (TPSA) is 66.5 Å². The average molecular weight is 387 g/mol. The quantitative estimate of drug-likeness (QED) is 0.824. The molecule has 0 bridgehead atoms. The lowest BCUT2D eigenvalue weighted by Gasteiger charge is -2.21. The van der Waals surface area contributed by atoms with E-state index < -0.39 is 10.0 Å². The Morgan fingerprint density at radius 3 is 2.48 bits per heavy atom. The fourth-order valence-corrected chi connectivity index (χ4v) is 4.82. The standard InChI is InChI=1S/C21H26N2O3S/c1-15(2)13-20(17-7-5-4-6-8-17)22-27(25,26)19-9-10-21-18(14-19)11-12-23(21)16(3)24/h4-10,14-15,20,22H,11-13H2,1-3H3. The van der Waals surface area contributed by atoms with E-state index in [2.05, 4.69) is 18.6 Å². The van der Waals surface area contributed by atoms with Gasteiger partial charge in [0.05, 0.1) is 4.90 Å². The van der Waals surface area contributed by atoms with E-state index in [9.17, 15) is 13.2 Å². The molecule has 3 rings (SSSR count). The van der Waals surface area contributed by atoms with Crippen LogP contribution in [0.4, 0.5) is 5.69 Å². The van der Waals surface area contributed by atoms with E-state index in [1.807, 2.05) is 30.3 Å². The Morgan fingerprint density at radius 1 is 1.15 bits per heavy atom. The molecule has 1 atom stereocenters. The van der Waals surface area contributed by atoms with Crippen molar-refractivity contribution in [2.24, 2.45) is 5.92 Å². The summed E-state index contributed by atoms with van der Waals surface area (Å²) in [5.41, 5.74) is 2.66. The number of fused-ring (bicyclic) bond motifs is 1. The first-order valence-electron chi connectivity index (χ1n) is 9.26. The van der Waals surface area contributed by atoms with E-state index >= 15 is 0 Å². The molecule has 0 aliphatic carbocycles. The van der Waals surface area contributed by atoms with Crippen molar-refractivity contribution in [1.82, 2.24) is 4.72 Å². The molecule has 5 nitrogen and oxygen atoms in total. The van der Waals surface area contributed by atoms with Crippen molar-refractivity contribution in [3.8, 4) is 0 Å². The zero-order chi connectivity index (χ0) is 19.6. The molecule has 1 heterocycles. The summed E-state index contributed by atoms with van der Waals surface area (Å²) in [6.45, 7) is 6.28. The van der Waals surface area contributed by atoms with E-state index in [1.165, 1.54) is 6.92 Å². The highest BCUT2D eigenvalue weighted by molar-refractivity contribution is 7.89. The Bertz CT molecular complexity index is 924. The molecule has 1 aliphatic heterocycles. The van der Waals surface area contributed by atoms with E-state index in [4.69, 9.17) is 0 Å². The summed E-state index contributed by atoms with van der Waals surface area (Å²) in [6.07, 6.45) is 1.39. The zero-order valence-corrected chi connectivity index (χ0v) is 16.8. The molecule has 0 saturated heterocycles. The first-order valence-corrected chi connectivity index (χ1v) is 10.7. The summed E-state index contributed by atoms with van der Waals surface area (Å²) in [4.78, 5) is 13.6. The van der Waals surface area contributed by atoms with Gasteiger partial charge in [-0.2, -0.15) is 0 Å². The van der Waals surface area contributed by atoms with Crippen molar-refractivity contribution in [2.75, 3.05) is 11.4 Å². The Kier molecular flexibility index (Phi) is 5.67. The number of nitrogens with one attached hydrogen (secondary N) is 1. The van der Waals surface area contributed by atoms with Gasteiger partial charge in [-0.05, 0) is 48.1 Å². The number of hydrogen-bond donors (Lipinski definition) is 1. The molecular weight excluding hydrogens is 360 g/mol. The lowest BCUT2D eigenvalue weighted by molar-refractivity contribution is -0.116. The van der Waals surface area contributed by atoms with Crippen LogP contribution in [0, 0.1) is 5.92 Å². The number of carbonyl (C=O) groups is 1. The smallest absolute Gasteiger partial charge is 0.241 e. The van der Waals surface area contributed by atoms with Crippen LogP contribution in [-0.2, 0) is 21.2 Å². The van der Waals surface area contributed by atoms with Crippen molar-refractivity contribution < 1.29 is 13.2 Å². The molecule has 6 heteroatoms. The first-order chi connectivity index (χ1) is 12.8. The number of benzene rings is 2. The Labute approximate surface area is 161 Å². The number of sulfonamides is 1. The predicted octanol–water partition coefficient (Wildman–Crippen LogP) is 3.66. The summed E-state index contributed by atoms with van der Waals surface area (Å²) < 4.78 is 28.9.